The van der Waals surface area contributed by atoms with E-state index in [1.165, 1.54) is 20.7 Å². The van der Waals surface area contributed by atoms with Gasteiger partial charge in [-0.25, -0.2) is 16.8 Å². The van der Waals surface area contributed by atoms with Crippen molar-refractivity contribution in [1.82, 2.24) is 4.31 Å². The molecule has 0 aliphatic carbocycles. The van der Waals surface area contributed by atoms with E-state index in [0.717, 1.165) is 17.4 Å². The molecule has 33 heavy (non-hydrogen) atoms. The second kappa shape index (κ2) is 11.1. The van der Waals surface area contributed by atoms with E-state index in [9.17, 15) is 21.6 Å². The number of anilines is 2. The van der Waals surface area contributed by atoms with Crippen molar-refractivity contribution in [3.05, 3.63) is 53.6 Å². The fraction of sp³-hybridized carbons (Fsp3) is 0.435. The van der Waals surface area contributed by atoms with Crippen molar-refractivity contribution in [2.24, 2.45) is 0 Å². The molecular formula is C23H33N3O5S2. The van der Waals surface area contributed by atoms with Crippen molar-refractivity contribution in [2.75, 3.05) is 35.5 Å². The molecule has 182 valence electrons. The minimum absolute atomic E-state index is 0.121. The Bertz CT molecular complexity index is 1170. The van der Waals surface area contributed by atoms with Gasteiger partial charge in [-0.05, 0) is 67.8 Å². The smallest absolute Gasteiger partial charge is 0.243 e. The van der Waals surface area contributed by atoms with Crippen LogP contribution in [0.2, 0.25) is 0 Å². The summed E-state index contributed by atoms with van der Waals surface area (Å²) < 4.78 is 52.3. The van der Waals surface area contributed by atoms with Gasteiger partial charge in [0, 0.05) is 31.7 Å². The van der Waals surface area contributed by atoms with Gasteiger partial charge in [0.2, 0.25) is 26.0 Å². The van der Waals surface area contributed by atoms with Gasteiger partial charge in [0.05, 0.1) is 16.8 Å². The molecule has 0 aliphatic rings. The van der Waals surface area contributed by atoms with Crippen LogP contribution in [0.1, 0.15) is 37.8 Å². The Morgan fingerprint density at radius 3 is 2.03 bits per heavy atom. The SMILES string of the molecule is CCN(CC)S(=O)(=O)c1ccc(NC(=O)CCCN(c2ccc(C)c(C)c2)S(C)(=O)=O)cc1. The fourth-order valence-corrected chi connectivity index (χ4v) is 5.81. The number of nitrogens with one attached hydrogen (secondary N) is 1. The van der Waals surface area contributed by atoms with Crippen LogP contribution in [0.25, 0.3) is 0 Å². The van der Waals surface area contributed by atoms with Crippen LogP contribution in [-0.4, -0.2) is 52.9 Å². The molecule has 8 nitrogen and oxygen atoms in total. The first-order valence-corrected chi connectivity index (χ1v) is 14.1. The summed E-state index contributed by atoms with van der Waals surface area (Å²) in [5, 5.41) is 2.73. The van der Waals surface area contributed by atoms with E-state index >= 15 is 0 Å². The predicted octanol–water partition coefficient (Wildman–Crippen LogP) is 3.52. The van der Waals surface area contributed by atoms with Crippen LogP contribution in [0.15, 0.2) is 47.4 Å². The lowest BCUT2D eigenvalue weighted by Crippen LogP contribution is -2.31. The second-order valence-electron chi connectivity index (χ2n) is 7.87. The molecule has 0 heterocycles. The van der Waals surface area contributed by atoms with Gasteiger partial charge in [-0.2, -0.15) is 4.31 Å². The van der Waals surface area contributed by atoms with Crippen molar-refractivity contribution in [1.29, 1.82) is 0 Å². The van der Waals surface area contributed by atoms with Gasteiger partial charge in [-0.3, -0.25) is 9.10 Å². The van der Waals surface area contributed by atoms with Crippen LogP contribution < -0.4 is 9.62 Å². The highest BCUT2D eigenvalue weighted by molar-refractivity contribution is 7.92. The van der Waals surface area contributed by atoms with Crippen molar-refractivity contribution in [2.45, 2.75) is 45.4 Å². The van der Waals surface area contributed by atoms with E-state index in [0.29, 0.717) is 30.9 Å². The molecule has 0 saturated heterocycles. The zero-order valence-corrected chi connectivity index (χ0v) is 21.5. The fourth-order valence-electron chi connectivity index (χ4n) is 3.40. The molecule has 0 spiro atoms. The molecule has 1 N–H and O–H groups in total. The van der Waals surface area contributed by atoms with Gasteiger partial charge in [0.25, 0.3) is 0 Å². The number of hydrogen-bond acceptors (Lipinski definition) is 5. The van der Waals surface area contributed by atoms with Crippen LogP contribution in [0, 0.1) is 13.8 Å². The lowest BCUT2D eigenvalue weighted by Gasteiger charge is -2.23. The predicted molar refractivity (Wildman–Crippen MR) is 133 cm³/mol. The van der Waals surface area contributed by atoms with Gasteiger partial charge >= 0.3 is 0 Å². The molecule has 0 unspecified atom stereocenters. The maximum absolute atomic E-state index is 12.6. The van der Waals surface area contributed by atoms with Crippen LogP contribution in [-0.2, 0) is 24.8 Å². The maximum atomic E-state index is 12.6. The number of aryl methyl sites for hydroxylation is 2. The first kappa shape index (κ1) is 26.8. The van der Waals surface area contributed by atoms with Gasteiger partial charge < -0.3 is 5.32 Å². The quantitative estimate of drug-likeness (QED) is 0.514. The summed E-state index contributed by atoms with van der Waals surface area (Å²) in [5.74, 6) is -0.275. The number of sulfonamides is 2. The second-order valence-corrected chi connectivity index (χ2v) is 11.7. The maximum Gasteiger partial charge on any atom is 0.243 e. The summed E-state index contributed by atoms with van der Waals surface area (Å²) in [6.45, 7) is 8.37. The van der Waals surface area contributed by atoms with Gasteiger partial charge in [-0.1, -0.05) is 19.9 Å². The molecule has 0 fully saturated rings. The molecule has 10 heteroatoms. The number of nitrogens with zero attached hydrogens (tertiary/aromatic N) is 2. The summed E-state index contributed by atoms with van der Waals surface area (Å²) in [7, 11) is -7.05. The molecule has 2 aromatic carbocycles. The standard InChI is InChI=1S/C23H33N3O5S2/c1-6-25(7-2)33(30,31)22-14-11-20(12-15-22)24-23(27)9-8-16-26(32(5,28)29)21-13-10-18(3)19(4)17-21/h10-15,17H,6-9,16H2,1-5H3,(H,24,27). The monoisotopic (exact) mass is 495 g/mol. The number of amides is 1. The molecule has 2 aromatic rings. The van der Waals surface area contributed by atoms with Gasteiger partial charge in [0.15, 0.2) is 0 Å². The van der Waals surface area contributed by atoms with Crippen molar-refractivity contribution in [3.8, 4) is 0 Å². The minimum Gasteiger partial charge on any atom is -0.326 e. The molecule has 0 aromatic heterocycles. The van der Waals surface area contributed by atoms with Crippen molar-refractivity contribution in [3.63, 3.8) is 0 Å². The van der Waals surface area contributed by atoms with Gasteiger partial charge in [-0.15, -0.1) is 0 Å². The average Bonchev–Trinajstić information content (AvgIpc) is 2.73. The Balaban J connectivity index is 1.99. The third kappa shape index (κ3) is 7.02. The summed E-state index contributed by atoms with van der Waals surface area (Å²) >= 11 is 0. The number of hydrogen-bond donors (Lipinski definition) is 1. The lowest BCUT2D eigenvalue weighted by atomic mass is 10.1. The summed E-state index contributed by atoms with van der Waals surface area (Å²) in [6, 6.07) is 11.5. The summed E-state index contributed by atoms with van der Waals surface area (Å²) in [6.07, 6.45) is 1.60. The molecule has 1 amide bonds. The number of rotatable bonds is 11. The average molecular weight is 496 g/mol. The topological polar surface area (TPSA) is 104 Å². The highest BCUT2D eigenvalue weighted by atomic mass is 32.2. The number of carbonyl (C=O) groups excluding carboxylic acids is 1. The first-order chi connectivity index (χ1) is 15.4. The normalized spacial score (nSPS) is 12.1. The molecule has 0 radical (unpaired) electrons. The first-order valence-electron chi connectivity index (χ1n) is 10.8. The Hall–Kier alpha value is -2.43. The van der Waals surface area contributed by atoms with Crippen LogP contribution >= 0.6 is 0 Å². The number of benzene rings is 2. The van der Waals surface area contributed by atoms with Crippen molar-refractivity contribution >= 4 is 37.3 Å². The lowest BCUT2D eigenvalue weighted by molar-refractivity contribution is -0.116. The summed E-state index contributed by atoms with van der Waals surface area (Å²) in [4.78, 5) is 12.5. The highest BCUT2D eigenvalue weighted by Crippen LogP contribution is 2.22. The minimum atomic E-state index is -3.56. The molecule has 0 bridgehead atoms. The largest absolute Gasteiger partial charge is 0.326 e. The van der Waals surface area contributed by atoms with Crippen LogP contribution in [0.5, 0.6) is 0 Å². The van der Waals surface area contributed by atoms with E-state index in [1.807, 2.05) is 26.0 Å². The molecular weight excluding hydrogens is 462 g/mol. The van der Waals surface area contributed by atoms with E-state index in [2.05, 4.69) is 5.32 Å². The Kier molecular flexibility index (Phi) is 9.04. The molecule has 0 atom stereocenters. The van der Waals surface area contributed by atoms with E-state index in [-0.39, 0.29) is 23.8 Å². The Morgan fingerprint density at radius 2 is 1.52 bits per heavy atom. The van der Waals surface area contributed by atoms with Gasteiger partial charge in [0.1, 0.15) is 0 Å². The molecule has 2 rings (SSSR count). The zero-order valence-electron chi connectivity index (χ0n) is 19.8. The highest BCUT2D eigenvalue weighted by Gasteiger charge is 2.21. The van der Waals surface area contributed by atoms with Crippen LogP contribution in [0.4, 0.5) is 11.4 Å². The Labute approximate surface area is 197 Å². The van der Waals surface area contributed by atoms with E-state index in [1.54, 1.807) is 32.0 Å². The number of carbonyl (C=O) groups is 1. The van der Waals surface area contributed by atoms with E-state index in [4.69, 9.17) is 0 Å². The third-order valence-electron chi connectivity index (χ3n) is 5.43. The molecule has 0 saturated carbocycles. The zero-order chi connectivity index (χ0) is 24.8. The van der Waals surface area contributed by atoms with Crippen LogP contribution in [0.3, 0.4) is 0 Å². The third-order valence-corrected chi connectivity index (χ3v) is 8.68. The van der Waals surface area contributed by atoms with E-state index < -0.39 is 20.0 Å². The summed E-state index contributed by atoms with van der Waals surface area (Å²) in [5.41, 5.74) is 3.12. The van der Waals surface area contributed by atoms with Crippen molar-refractivity contribution < 1.29 is 21.6 Å². The Morgan fingerprint density at radius 1 is 0.909 bits per heavy atom. The molecule has 0 aliphatic heterocycles.